The molecule has 0 spiro atoms. The highest BCUT2D eigenvalue weighted by atomic mass is 16.5. The van der Waals surface area contributed by atoms with Crippen LogP contribution in [0.4, 0.5) is 0 Å². The second kappa shape index (κ2) is 5.69. The molecule has 2 heterocycles. The van der Waals surface area contributed by atoms with Crippen LogP contribution in [-0.2, 0) is 4.74 Å². The van der Waals surface area contributed by atoms with Crippen LogP contribution in [0.15, 0.2) is 60.1 Å². The predicted molar refractivity (Wildman–Crippen MR) is 70.2 cm³/mol. The van der Waals surface area contributed by atoms with E-state index in [1.165, 1.54) is 25.9 Å². The third-order valence-electron chi connectivity index (χ3n) is 3.01. The molecule has 0 aromatic carbocycles. The molecular formula is C15H20NO+. The van der Waals surface area contributed by atoms with Gasteiger partial charge in [-0.1, -0.05) is 25.3 Å². The zero-order valence-electron chi connectivity index (χ0n) is 10.2. The Hall–Kier alpha value is -1.54. The summed E-state index contributed by atoms with van der Waals surface area (Å²) in [5.74, 6) is 1.57. The Bertz CT molecular complexity index is 401. The molecule has 1 saturated heterocycles. The van der Waals surface area contributed by atoms with E-state index >= 15 is 0 Å². The third kappa shape index (κ3) is 3.21. The van der Waals surface area contributed by atoms with Crippen LogP contribution >= 0.6 is 0 Å². The minimum Gasteiger partial charge on any atom is -0.457 e. The van der Waals surface area contributed by atoms with E-state index in [2.05, 4.69) is 24.6 Å². The van der Waals surface area contributed by atoms with Gasteiger partial charge in [-0.3, -0.25) is 0 Å². The van der Waals surface area contributed by atoms with Crippen molar-refractivity contribution in [1.82, 2.24) is 0 Å². The van der Waals surface area contributed by atoms with Gasteiger partial charge in [0.05, 0.1) is 13.1 Å². The van der Waals surface area contributed by atoms with E-state index in [9.17, 15) is 0 Å². The summed E-state index contributed by atoms with van der Waals surface area (Å²) in [5.41, 5.74) is 1.95. The molecule has 1 aliphatic carbocycles. The molecule has 0 unspecified atom stereocenters. The molecule has 0 atom stereocenters. The maximum atomic E-state index is 5.45. The fourth-order valence-corrected chi connectivity index (χ4v) is 1.98. The first-order valence-corrected chi connectivity index (χ1v) is 6.24. The topological polar surface area (TPSA) is 25.8 Å². The van der Waals surface area contributed by atoms with Crippen LogP contribution in [0, 0.1) is 0 Å². The van der Waals surface area contributed by atoms with Crippen LogP contribution in [-0.4, -0.2) is 13.1 Å². The van der Waals surface area contributed by atoms with Crippen molar-refractivity contribution in [1.29, 1.82) is 0 Å². The molecule has 2 heteroatoms. The van der Waals surface area contributed by atoms with E-state index in [0.29, 0.717) is 5.76 Å². The first-order valence-electron chi connectivity index (χ1n) is 6.24. The highest BCUT2D eigenvalue weighted by molar-refractivity contribution is 5.51. The van der Waals surface area contributed by atoms with Gasteiger partial charge in [0.2, 0.25) is 0 Å². The van der Waals surface area contributed by atoms with Crippen LogP contribution in [0.1, 0.15) is 19.3 Å². The number of ether oxygens (including phenoxy) is 1. The van der Waals surface area contributed by atoms with Crippen LogP contribution in [0.5, 0.6) is 0 Å². The van der Waals surface area contributed by atoms with Crippen LogP contribution in [0.25, 0.3) is 0 Å². The summed E-state index contributed by atoms with van der Waals surface area (Å²) < 4.78 is 5.45. The van der Waals surface area contributed by atoms with Crippen molar-refractivity contribution < 1.29 is 10.1 Å². The Morgan fingerprint density at radius 2 is 1.94 bits per heavy atom. The van der Waals surface area contributed by atoms with Gasteiger partial charge >= 0.3 is 0 Å². The zero-order chi connectivity index (χ0) is 12.1. The predicted octanol–water partition coefficient (Wildman–Crippen LogP) is 2.20. The third-order valence-corrected chi connectivity index (χ3v) is 3.01. The lowest BCUT2D eigenvalue weighted by atomic mass is 10.0. The van der Waals surface area contributed by atoms with E-state index in [4.69, 9.17) is 4.74 Å². The molecule has 0 saturated carbocycles. The molecule has 0 bridgehead atoms. The van der Waals surface area contributed by atoms with Gasteiger partial charge < -0.3 is 10.1 Å². The fourth-order valence-electron chi connectivity index (χ4n) is 1.98. The molecule has 90 valence electrons. The number of hydrogen-bond donors (Lipinski definition) is 1. The van der Waals surface area contributed by atoms with Crippen molar-refractivity contribution in [3.63, 3.8) is 0 Å². The summed E-state index contributed by atoms with van der Waals surface area (Å²) in [6, 6.07) is 0. The van der Waals surface area contributed by atoms with Gasteiger partial charge in [-0.15, -0.1) is 0 Å². The van der Waals surface area contributed by atoms with Crippen LogP contribution in [0.3, 0.4) is 0 Å². The maximum Gasteiger partial charge on any atom is 0.130 e. The highest BCUT2D eigenvalue weighted by Gasteiger charge is 2.15. The second-order valence-corrected chi connectivity index (χ2v) is 4.43. The Labute approximate surface area is 103 Å². The van der Waals surface area contributed by atoms with Gasteiger partial charge in [0.15, 0.2) is 0 Å². The Morgan fingerprint density at radius 1 is 1.18 bits per heavy atom. The number of hydrogen-bond acceptors (Lipinski definition) is 1. The molecule has 17 heavy (non-hydrogen) atoms. The van der Waals surface area contributed by atoms with Crippen molar-refractivity contribution >= 4 is 0 Å². The number of quaternary nitrogens is 1. The molecular weight excluding hydrogens is 210 g/mol. The van der Waals surface area contributed by atoms with Gasteiger partial charge in [-0.05, 0) is 18.6 Å². The normalized spacial score (nSPS) is 21.9. The summed E-state index contributed by atoms with van der Waals surface area (Å²) >= 11 is 0. The summed E-state index contributed by atoms with van der Waals surface area (Å²) in [6.45, 7) is 10.3. The first-order chi connectivity index (χ1) is 8.27. The standard InChI is InChI=1S/C11H10O.C4H9N/c1-8-7-10-5-3-4-6-11(10)12-9(8)2;1-2-4-5-3-1/h3,5-7H,1-2,4H2;5H,1-4H2/p+1. The van der Waals surface area contributed by atoms with Crippen molar-refractivity contribution in [2.75, 3.05) is 13.1 Å². The van der Waals surface area contributed by atoms with E-state index in [1.54, 1.807) is 0 Å². The second-order valence-electron chi connectivity index (χ2n) is 4.43. The van der Waals surface area contributed by atoms with Gasteiger partial charge in [0.1, 0.15) is 11.5 Å². The molecule has 3 aliphatic rings. The first kappa shape index (κ1) is 11.9. The van der Waals surface area contributed by atoms with E-state index in [-0.39, 0.29) is 0 Å². The van der Waals surface area contributed by atoms with E-state index < -0.39 is 0 Å². The lowest BCUT2D eigenvalue weighted by molar-refractivity contribution is -0.635. The van der Waals surface area contributed by atoms with E-state index in [1.807, 2.05) is 18.2 Å². The molecule has 3 rings (SSSR count). The minimum atomic E-state index is 0.653. The van der Waals surface area contributed by atoms with E-state index in [0.717, 1.165) is 23.3 Å². The van der Waals surface area contributed by atoms with Crippen molar-refractivity contribution in [2.45, 2.75) is 19.3 Å². The highest BCUT2D eigenvalue weighted by Crippen LogP contribution is 2.30. The molecule has 0 amide bonds. The van der Waals surface area contributed by atoms with Crippen LogP contribution in [0.2, 0.25) is 0 Å². The molecule has 2 N–H and O–H groups in total. The zero-order valence-corrected chi connectivity index (χ0v) is 10.2. The van der Waals surface area contributed by atoms with Gasteiger partial charge in [-0.25, -0.2) is 0 Å². The molecule has 0 aromatic rings. The number of nitrogens with two attached hydrogens (primary N) is 1. The Balaban J connectivity index is 0.000000181. The average molecular weight is 230 g/mol. The molecule has 1 fully saturated rings. The molecule has 0 radical (unpaired) electrons. The number of allylic oxidation sites excluding steroid dienone is 4. The quantitative estimate of drug-likeness (QED) is 0.678. The van der Waals surface area contributed by atoms with Gasteiger partial charge in [0.25, 0.3) is 0 Å². The van der Waals surface area contributed by atoms with Crippen molar-refractivity contribution in [3.05, 3.63) is 60.1 Å². The van der Waals surface area contributed by atoms with Gasteiger partial charge in [-0.2, -0.15) is 0 Å². The lowest BCUT2D eigenvalue weighted by Crippen LogP contribution is -2.80. The minimum absolute atomic E-state index is 0.653. The monoisotopic (exact) mass is 230 g/mol. The van der Waals surface area contributed by atoms with Crippen molar-refractivity contribution in [3.8, 4) is 0 Å². The summed E-state index contributed by atoms with van der Waals surface area (Å²) in [7, 11) is 0. The lowest BCUT2D eigenvalue weighted by Gasteiger charge is -2.20. The average Bonchev–Trinajstić information content (AvgIpc) is 2.89. The van der Waals surface area contributed by atoms with Gasteiger partial charge in [0, 0.05) is 24.0 Å². The number of fused-ring (bicyclic) bond motifs is 1. The summed E-state index contributed by atoms with van der Waals surface area (Å²) in [5, 5.41) is 2.36. The Kier molecular flexibility index (Phi) is 3.99. The summed E-state index contributed by atoms with van der Waals surface area (Å²) in [6.07, 6.45) is 12.0. The van der Waals surface area contributed by atoms with Crippen LogP contribution < -0.4 is 5.32 Å². The summed E-state index contributed by atoms with van der Waals surface area (Å²) in [4.78, 5) is 0. The molecule has 0 aromatic heterocycles. The number of rotatable bonds is 0. The largest absolute Gasteiger partial charge is 0.457 e. The maximum absolute atomic E-state index is 5.45. The fraction of sp³-hybridized carbons (Fsp3) is 0.333. The smallest absolute Gasteiger partial charge is 0.130 e. The van der Waals surface area contributed by atoms with Crippen molar-refractivity contribution in [2.24, 2.45) is 0 Å². The SMILES string of the molecule is C1CC[NH2+]C1.C=C1C=C2C=CCC=C2OC1=C. The Morgan fingerprint density at radius 3 is 2.59 bits per heavy atom. The molecule has 2 aliphatic heterocycles. The molecule has 2 nitrogen and oxygen atoms in total.